The molecular formula is C25H28N2O3. The van der Waals surface area contributed by atoms with E-state index < -0.39 is 6.10 Å². The van der Waals surface area contributed by atoms with Crippen molar-refractivity contribution in [3.63, 3.8) is 0 Å². The third-order valence-corrected chi connectivity index (χ3v) is 4.60. The molecule has 2 amide bonds. The zero-order valence-electron chi connectivity index (χ0n) is 17.9. The standard InChI is InChI=1S/C25H28N2O3/c1-5-21(30-22-16-10-12-17-11-6-7-13-18(17)22)24(29)26-20-15-9-8-14-19(20)23(28)27-25(2,3)4/h6-16,21H,5H2,1-4H3,(H,26,29)(H,27,28)/t21-/m1/s1. The molecule has 1 atom stereocenters. The molecule has 0 saturated carbocycles. The summed E-state index contributed by atoms with van der Waals surface area (Å²) in [5.74, 6) is 0.136. The number of ether oxygens (including phenoxy) is 1. The smallest absolute Gasteiger partial charge is 0.265 e. The van der Waals surface area contributed by atoms with Crippen LogP contribution in [0.1, 0.15) is 44.5 Å². The lowest BCUT2D eigenvalue weighted by atomic mass is 10.1. The van der Waals surface area contributed by atoms with E-state index in [4.69, 9.17) is 4.74 Å². The molecule has 0 spiro atoms. The number of benzene rings is 3. The summed E-state index contributed by atoms with van der Waals surface area (Å²) in [6, 6.07) is 20.7. The fourth-order valence-corrected chi connectivity index (χ4v) is 3.19. The van der Waals surface area contributed by atoms with Gasteiger partial charge in [0.2, 0.25) is 0 Å². The van der Waals surface area contributed by atoms with Gasteiger partial charge in [-0.05, 0) is 50.8 Å². The lowest BCUT2D eigenvalue weighted by molar-refractivity contribution is -0.122. The Labute approximate surface area is 177 Å². The van der Waals surface area contributed by atoms with Crippen LogP contribution in [0.2, 0.25) is 0 Å². The number of fused-ring (bicyclic) bond motifs is 1. The number of nitrogens with one attached hydrogen (secondary N) is 2. The molecular weight excluding hydrogens is 376 g/mol. The first-order valence-electron chi connectivity index (χ1n) is 10.2. The maximum Gasteiger partial charge on any atom is 0.265 e. The van der Waals surface area contributed by atoms with Gasteiger partial charge in [0.1, 0.15) is 5.75 Å². The molecule has 0 aliphatic carbocycles. The predicted octanol–water partition coefficient (Wildman–Crippen LogP) is 5.16. The monoisotopic (exact) mass is 404 g/mol. The van der Waals surface area contributed by atoms with Crippen LogP contribution < -0.4 is 15.4 Å². The third kappa shape index (κ3) is 5.17. The first-order valence-corrected chi connectivity index (χ1v) is 10.2. The highest BCUT2D eigenvalue weighted by molar-refractivity contribution is 6.05. The van der Waals surface area contributed by atoms with E-state index in [0.717, 1.165) is 10.8 Å². The number of carbonyl (C=O) groups excluding carboxylic acids is 2. The van der Waals surface area contributed by atoms with E-state index in [1.54, 1.807) is 24.3 Å². The van der Waals surface area contributed by atoms with E-state index >= 15 is 0 Å². The molecule has 5 nitrogen and oxygen atoms in total. The Hall–Kier alpha value is -3.34. The molecule has 30 heavy (non-hydrogen) atoms. The lowest BCUT2D eigenvalue weighted by Crippen LogP contribution is -2.41. The molecule has 0 aliphatic heterocycles. The van der Waals surface area contributed by atoms with E-state index in [1.165, 1.54) is 0 Å². The van der Waals surface area contributed by atoms with Gasteiger partial charge in [-0.2, -0.15) is 0 Å². The fourth-order valence-electron chi connectivity index (χ4n) is 3.19. The summed E-state index contributed by atoms with van der Waals surface area (Å²) in [5, 5.41) is 7.81. The Morgan fingerprint density at radius 2 is 1.60 bits per heavy atom. The average molecular weight is 405 g/mol. The van der Waals surface area contributed by atoms with Gasteiger partial charge in [-0.15, -0.1) is 0 Å². The van der Waals surface area contributed by atoms with Gasteiger partial charge in [0, 0.05) is 10.9 Å². The summed E-state index contributed by atoms with van der Waals surface area (Å²) >= 11 is 0. The minimum Gasteiger partial charge on any atom is -0.480 e. The number of anilines is 1. The molecule has 0 saturated heterocycles. The number of hydrogen-bond donors (Lipinski definition) is 2. The molecule has 0 unspecified atom stereocenters. The zero-order valence-corrected chi connectivity index (χ0v) is 17.9. The van der Waals surface area contributed by atoms with Gasteiger partial charge in [-0.25, -0.2) is 0 Å². The summed E-state index contributed by atoms with van der Waals surface area (Å²) in [4.78, 5) is 25.6. The fraction of sp³-hybridized carbons (Fsp3) is 0.280. The van der Waals surface area contributed by atoms with Crippen molar-refractivity contribution in [2.75, 3.05) is 5.32 Å². The number of carbonyl (C=O) groups is 2. The molecule has 0 fully saturated rings. The van der Waals surface area contributed by atoms with Crippen molar-refractivity contribution in [1.82, 2.24) is 5.32 Å². The second-order valence-corrected chi connectivity index (χ2v) is 8.23. The minimum atomic E-state index is -0.686. The van der Waals surface area contributed by atoms with E-state index in [1.807, 2.05) is 70.2 Å². The van der Waals surface area contributed by atoms with Gasteiger partial charge >= 0.3 is 0 Å². The SMILES string of the molecule is CC[C@@H](Oc1cccc2ccccc12)C(=O)Nc1ccccc1C(=O)NC(C)(C)C. The second-order valence-electron chi connectivity index (χ2n) is 8.23. The summed E-state index contributed by atoms with van der Waals surface area (Å²) < 4.78 is 6.08. The highest BCUT2D eigenvalue weighted by Gasteiger charge is 2.23. The van der Waals surface area contributed by atoms with E-state index in [9.17, 15) is 9.59 Å². The van der Waals surface area contributed by atoms with E-state index in [2.05, 4.69) is 10.6 Å². The van der Waals surface area contributed by atoms with Crippen LogP contribution in [0, 0.1) is 0 Å². The first kappa shape index (κ1) is 21.4. The van der Waals surface area contributed by atoms with Crippen molar-refractivity contribution in [1.29, 1.82) is 0 Å². The van der Waals surface area contributed by atoms with Crippen LogP contribution in [0.25, 0.3) is 10.8 Å². The average Bonchev–Trinajstić information content (AvgIpc) is 2.71. The van der Waals surface area contributed by atoms with Gasteiger partial charge in [0.15, 0.2) is 6.10 Å². The predicted molar refractivity (Wildman–Crippen MR) is 121 cm³/mol. The molecule has 3 rings (SSSR count). The van der Waals surface area contributed by atoms with Crippen molar-refractivity contribution >= 4 is 28.3 Å². The first-order chi connectivity index (χ1) is 14.3. The van der Waals surface area contributed by atoms with Crippen molar-refractivity contribution in [2.45, 2.75) is 45.8 Å². The van der Waals surface area contributed by atoms with Gasteiger partial charge in [0.05, 0.1) is 11.3 Å². The zero-order chi connectivity index (χ0) is 21.7. The summed E-state index contributed by atoms with van der Waals surface area (Å²) in [6.45, 7) is 7.64. The third-order valence-electron chi connectivity index (χ3n) is 4.60. The van der Waals surface area contributed by atoms with E-state index in [-0.39, 0.29) is 17.4 Å². The highest BCUT2D eigenvalue weighted by atomic mass is 16.5. The van der Waals surface area contributed by atoms with Crippen LogP contribution in [0.4, 0.5) is 5.69 Å². The number of rotatable bonds is 6. The molecule has 3 aromatic rings. The van der Waals surface area contributed by atoms with Crippen molar-refractivity contribution < 1.29 is 14.3 Å². The Morgan fingerprint density at radius 3 is 2.33 bits per heavy atom. The molecule has 3 aromatic carbocycles. The van der Waals surface area contributed by atoms with Crippen LogP contribution in [-0.4, -0.2) is 23.5 Å². The molecule has 5 heteroatoms. The largest absolute Gasteiger partial charge is 0.480 e. The van der Waals surface area contributed by atoms with E-state index in [0.29, 0.717) is 23.4 Å². The minimum absolute atomic E-state index is 0.235. The molecule has 0 radical (unpaired) electrons. The second kappa shape index (κ2) is 8.99. The van der Waals surface area contributed by atoms with Crippen LogP contribution >= 0.6 is 0 Å². The van der Waals surface area contributed by atoms with Gasteiger partial charge in [-0.3, -0.25) is 9.59 Å². The highest BCUT2D eigenvalue weighted by Crippen LogP contribution is 2.27. The Balaban J connectivity index is 1.80. The van der Waals surface area contributed by atoms with Crippen LogP contribution in [-0.2, 0) is 4.79 Å². The maximum absolute atomic E-state index is 13.0. The van der Waals surface area contributed by atoms with Crippen molar-refractivity contribution in [3.05, 3.63) is 72.3 Å². The summed E-state index contributed by atoms with van der Waals surface area (Å²) in [7, 11) is 0. The Bertz CT molecular complexity index is 1050. The van der Waals surface area contributed by atoms with Gasteiger partial charge in [0.25, 0.3) is 11.8 Å². The van der Waals surface area contributed by atoms with Crippen LogP contribution in [0.15, 0.2) is 66.7 Å². The molecule has 0 bridgehead atoms. The Morgan fingerprint density at radius 1 is 0.933 bits per heavy atom. The van der Waals surface area contributed by atoms with Crippen LogP contribution in [0.5, 0.6) is 5.75 Å². The quantitative estimate of drug-likeness (QED) is 0.596. The molecule has 0 aliphatic rings. The maximum atomic E-state index is 13.0. The molecule has 156 valence electrons. The molecule has 0 aromatic heterocycles. The van der Waals surface area contributed by atoms with Gasteiger partial charge < -0.3 is 15.4 Å². The number of para-hydroxylation sites is 1. The van der Waals surface area contributed by atoms with Crippen LogP contribution in [0.3, 0.4) is 0 Å². The normalized spacial score (nSPS) is 12.3. The number of hydrogen-bond acceptors (Lipinski definition) is 3. The molecule has 2 N–H and O–H groups in total. The lowest BCUT2D eigenvalue weighted by Gasteiger charge is -2.22. The summed E-state index contributed by atoms with van der Waals surface area (Å²) in [5.41, 5.74) is 0.502. The van der Waals surface area contributed by atoms with Crippen molar-refractivity contribution in [3.8, 4) is 5.75 Å². The topological polar surface area (TPSA) is 67.4 Å². The molecule has 0 heterocycles. The van der Waals surface area contributed by atoms with Crippen molar-refractivity contribution in [2.24, 2.45) is 0 Å². The summed E-state index contributed by atoms with van der Waals surface area (Å²) in [6.07, 6.45) is -0.194. The van der Waals surface area contributed by atoms with Gasteiger partial charge in [-0.1, -0.05) is 55.5 Å². The Kier molecular flexibility index (Phi) is 6.40. The number of amides is 2.